The van der Waals surface area contributed by atoms with Crippen LogP contribution in [0.5, 0.6) is 0 Å². The molecule has 1 heterocycles. The van der Waals surface area contributed by atoms with E-state index < -0.39 is 0 Å². The van der Waals surface area contributed by atoms with Crippen molar-refractivity contribution in [3.8, 4) is 11.1 Å². The topological polar surface area (TPSA) is 67.2 Å². The molecule has 182 valence electrons. The van der Waals surface area contributed by atoms with E-state index in [4.69, 9.17) is 0 Å². The SMILES string of the molecule is C=CCN(CC=C)C(=O)Cn1c(CNC(=O)Cc2ccc(-c3ccccc3)cc2)nc2ccccc21. The van der Waals surface area contributed by atoms with Crippen molar-refractivity contribution in [1.82, 2.24) is 19.8 Å². The van der Waals surface area contributed by atoms with Gasteiger partial charge in [0.25, 0.3) is 0 Å². The minimum absolute atomic E-state index is 0.0657. The van der Waals surface area contributed by atoms with Crippen molar-refractivity contribution >= 4 is 22.8 Å². The second-order valence-electron chi connectivity index (χ2n) is 8.50. The molecule has 0 bridgehead atoms. The molecule has 4 aromatic rings. The predicted octanol–water partition coefficient (Wildman–Crippen LogP) is 4.76. The van der Waals surface area contributed by atoms with Gasteiger partial charge in [-0.05, 0) is 28.8 Å². The van der Waals surface area contributed by atoms with Crippen LogP contribution in [0.15, 0.2) is 104 Å². The van der Waals surface area contributed by atoms with Crippen molar-refractivity contribution in [2.24, 2.45) is 0 Å². The van der Waals surface area contributed by atoms with E-state index >= 15 is 0 Å². The van der Waals surface area contributed by atoms with Crippen molar-refractivity contribution < 1.29 is 9.59 Å². The Morgan fingerprint density at radius 2 is 1.50 bits per heavy atom. The summed E-state index contributed by atoms with van der Waals surface area (Å²) >= 11 is 0. The van der Waals surface area contributed by atoms with Gasteiger partial charge in [-0.1, -0.05) is 78.9 Å². The van der Waals surface area contributed by atoms with Crippen molar-refractivity contribution in [3.63, 3.8) is 0 Å². The fourth-order valence-corrected chi connectivity index (χ4v) is 4.13. The molecule has 1 N–H and O–H groups in total. The number of imidazole rings is 1. The molecule has 0 aliphatic rings. The van der Waals surface area contributed by atoms with E-state index in [1.807, 2.05) is 71.3 Å². The molecule has 4 rings (SSSR count). The van der Waals surface area contributed by atoms with Gasteiger partial charge >= 0.3 is 0 Å². The number of nitrogens with zero attached hydrogens (tertiary/aromatic N) is 3. The largest absolute Gasteiger partial charge is 0.349 e. The number of aromatic nitrogens is 2. The zero-order valence-corrected chi connectivity index (χ0v) is 20.3. The number of carbonyl (C=O) groups is 2. The maximum Gasteiger partial charge on any atom is 0.243 e. The molecule has 0 spiro atoms. The molecule has 0 aliphatic carbocycles. The van der Waals surface area contributed by atoms with Crippen LogP contribution < -0.4 is 5.32 Å². The Labute approximate surface area is 211 Å². The Morgan fingerprint density at radius 1 is 0.861 bits per heavy atom. The minimum Gasteiger partial charge on any atom is -0.349 e. The van der Waals surface area contributed by atoms with Crippen LogP contribution in [0.25, 0.3) is 22.2 Å². The van der Waals surface area contributed by atoms with E-state index in [2.05, 4.69) is 35.6 Å². The number of para-hydroxylation sites is 2. The first-order chi connectivity index (χ1) is 17.6. The van der Waals surface area contributed by atoms with Crippen molar-refractivity contribution in [1.29, 1.82) is 0 Å². The summed E-state index contributed by atoms with van der Waals surface area (Å²) in [5, 5.41) is 2.97. The number of rotatable bonds is 11. The third-order valence-electron chi connectivity index (χ3n) is 5.95. The quantitative estimate of drug-likeness (QED) is 0.316. The average Bonchev–Trinajstić information content (AvgIpc) is 3.25. The summed E-state index contributed by atoms with van der Waals surface area (Å²) in [6.45, 7) is 8.70. The fourth-order valence-electron chi connectivity index (χ4n) is 4.13. The highest BCUT2D eigenvalue weighted by Gasteiger charge is 2.17. The van der Waals surface area contributed by atoms with E-state index in [-0.39, 0.29) is 31.3 Å². The Hall–Kier alpha value is -4.45. The minimum atomic E-state index is -0.104. The molecule has 0 unspecified atom stereocenters. The summed E-state index contributed by atoms with van der Waals surface area (Å²) in [6.07, 6.45) is 3.66. The highest BCUT2D eigenvalue weighted by molar-refractivity contribution is 5.82. The van der Waals surface area contributed by atoms with Crippen molar-refractivity contribution in [2.75, 3.05) is 13.1 Å². The summed E-state index contributed by atoms with van der Waals surface area (Å²) in [4.78, 5) is 32.1. The molecule has 0 fully saturated rings. The highest BCUT2D eigenvalue weighted by Crippen LogP contribution is 2.20. The van der Waals surface area contributed by atoms with Gasteiger partial charge in [-0.15, -0.1) is 13.2 Å². The smallest absolute Gasteiger partial charge is 0.243 e. The lowest BCUT2D eigenvalue weighted by molar-refractivity contribution is -0.130. The molecule has 0 saturated heterocycles. The summed E-state index contributed by atoms with van der Waals surface area (Å²) in [5.74, 6) is 0.464. The second kappa shape index (κ2) is 11.8. The normalized spacial score (nSPS) is 10.7. The maximum atomic E-state index is 13.0. The fraction of sp³-hybridized carbons (Fsp3) is 0.167. The van der Waals surface area contributed by atoms with Crippen LogP contribution in [-0.4, -0.2) is 39.4 Å². The average molecular weight is 479 g/mol. The zero-order chi connectivity index (χ0) is 25.3. The molecule has 36 heavy (non-hydrogen) atoms. The monoisotopic (exact) mass is 478 g/mol. The number of fused-ring (bicyclic) bond motifs is 1. The van der Waals surface area contributed by atoms with Gasteiger partial charge in [-0.3, -0.25) is 9.59 Å². The first kappa shape index (κ1) is 24.7. The van der Waals surface area contributed by atoms with Gasteiger partial charge in [0.15, 0.2) is 0 Å². The number of benzene rings is 3. The number of nitrogens with one attached hydrogen (secondary N) is 1. The van der Waals surface area contributed by atoms with Gasteiger partial charge in [0, 0.05) is 13.1 Å². The van der Waals surface area contributed by atoms with Crippen molar-refractivity contribution in [2.45, 2.75) is 19.5 Å². The second-order valence-corrected chi connectivity index (χ2v) is 8.50. The van der Waals surface area contributed by atoms with Gasteiger partial charge in [-0.2, -0.15) is 0 Å². The lowest BCUT2D eigenvalue weighted by Crippen LogP contribution is -2.35. The third kappa shape index (κ3) is 5.96. The summed E-state index contributed by atoms with van der Waals surface area (Å²) in [7, 11) is 0. The van der Waals surface area contributed by atoms with Gasteiger partial charge < -0.3 is 14.8 Å². The van der Waals surface area contributed by atoms with Crippen molar-refractivity contribution in [3.05, 3.63) is 116 Å². The standard InChI is InChI=1S/C30H30N4O2/c1-3-18-33(19-4-2)30(36)22-34-27-13-9-8-12-26(27)32-28(34)21-31-29(35)20-23-14-16-25(17-15-23)24-10-6-5-7-11-24/h3-17H,1-2,18-22H2,(H,31,35). The molecule has 0 atom stereocenters. The van der Waals surface area contributed by atoms with Crippen LogP contribution >= 0.6 is 0 Å². The molecular formula is C30H30N4O2. The number of hydrogen-bond acceptors (Lipinski definition) is 3. The third-order valence-corrected chi connectivity index (χ3v) is 5.95. The van der Waals surface area contributed by atoms with Gasteiger partial charge in [0.1, 0.15) is 12.4 Å². The zero-order valence-electron chi connectivity index (χ0n) is 20.3. The van der Waals surface area contributed by atoms with E-state index in [1.54, 1.807) is 17.1 Å². The molecule has 0 saturated carbocycles. The Kier molecular flexibility index (Phi) is 8.08. The van der Waals surface area contributed by atoms with E-state index in [0.717, 1.165) is 27.7 Å². The van der Waals surface area contributed by atoms with Gasteiger partial charge in [0.2, 0.25) is 11.8 Å². The summed E-state index contributed by atoms with van der Waals surface area (Å²) in [6, 6.07) is 25.8. The number of amides is 2. The lowest BCUT2D eigenvalue weighted by atomic mass is 10.0. The Morgan fingerprint density at radius 3 is 2.19 bits per heavy atom. The molecule has 6 nitrogen and oxygen atoms in total. The van der Waals surface area contributed by atoms with Crippen LogP contribution in [0.4, 0.5) is 0 Å². The maximum absolute atomic E-state index is 13.0. The molecule has 0 aliphatic heterocycles. The summed E-state index contributed by atoms with van der Waals surface area (Å²) < 4.78 is 1.87. The van der Waals surface area contributed by atoms with E-state index in [9.17, 15) is 9.59 Å². The van der Waals surface area contributed by atoms with Crippen LogP contribution in [0.2, 0.25) is 0 Å². The molecular weight excluding hydrogens is 448 g/mol. The van der Waals surface area contributed by atoms with E-state index in [1.165, 1.54) is 0 Å². The lowest BCUT2D eigenvalue weighted by Gasteiger charge is -2.20. The van der Waals surface area contributed by atoms with Crippen LogP contribution in [0.3, 0.4) is 0 Å². The van der Waals surface area contributed by atoms with Gasteiger partial charge in [0.05, 0.1) is 24.0 Å². The highest BCUT2D eigenvalue weighted by atomic mass is 16.2. The molecule has 2 amide bonds. The first-order valence-corrected chi connectivity index (χ1v) is 11.9. The molecule has 0 radical (unpaired) electrons. The first-order valence-electron chi connectivity index (χ1n) is 11.9. The molecule has 1 aromatic heterocycles. The predicted molar refractivity (Wildman–Crippen MR) is 144 cm³/mol. The van der Waals surface area contributed by atoms with Crippen LogP contribution in [-0.2, 0) is 29.1 Å². The summed E-state index contributed by atoms with van der Waals surface area (Å²) in [5.41, 5.74) is 4.82. The van der Waals surface area contributed by atoms with Crippen LogP contribution in [0.1, 0.15) is 11.4 Å². The number of hydrogen-bond donors (Lipinski definition) is 1. The van der Waals surface area contributed by atoms with Gasteiger partial charge in [-0.25, -0.2) is 4.98 Å². The van der Waals surface area contributed by atoms with Crippen LogP contribution in [0, 0.1) is 0 Å². The Balaban J connectivity index is 1.44. The Bertz CT molecular complexity index is 1350. The number of carbonyl (C=O) groups excluding carboxylic acids is 2. The molecule has 6 heteroatoms. The molecule has 3 aromatic carbocycles. The van der Waals surface area contributed by atoms with E-state index in [0.29, 0.717) is 18.9 Å².